The minimum absolute atomic E-state index is 0.132. The maximum Gasteiger partial charge on any atom is 0.397 e. The molecule has 2 aromatic heterocycles. The molecule has 0 spiro atoms. The molecule has 1 saturated heterocycles. The molecule has 13 heteroatoms. The first kappa shape index (κ1) is 23.4. The molecular formula is C22H21F4N7OS. The van der Waals surface area contributed by atoms with E-state index >= 15 is 0 Å². The fraction of sp³-hybridized carbons (Fsp3) is 0.364. The number of carbonyl (C=O) groups is 1. The third-order valence-electron chi connectivity index (χ3n) is 5.70. The van der Waals surface area contributed by atoms with Crippen LogP contribution in [0.1, 0.15) is 19.3 Å². The number of H-pyrrole nitrogens is 1. The van der Waals surface area contributed by atoms with Crippen molar-refractivity contribution in [2.24, 2.45) is 5.92 Å². The standard InChI is InChI=1S/C22H21F4N7OS/c23-21(13-1-2-13)11-33(12-21)18-9-17(29-16-7-8-27-32-16)30-20(31-18)35-15-5-3-14(4-6-15)28-19(34)10-22(24,25)26/h3-9,13H,1-2,10-12H2,(H,28,34)(H2,27,29,30,31,32). The van der Waals surface area contributed by atoms with Crippen molar-refractivity contribution in [3.8, 4) is 0 Å². The van der Waals surface area contributed by atoms with Crippen LogP contribution in [0, 0.1) is 5.92 Å². The molecule has 35 heavy (non-hydrogen) atoms. The summed E-state index contributed by atoms with van der Waals surface area (Å²) in [5.74, 6) is 0.723. The minimum atomic E-state index is -4.57. The van der Waals surface area contributed by atoms with Gasteiger partial charge in [-0.05, 0) is 54.8 Å². The van der Waals surface area contributed by atoms with Crippen molar-refractivity contribution in [3.05, 3.63) is 42.6 Å². The number of rotatable bonds is 8. The molecule has 3 heterocycles. The lowest BCUT2D eigenvalue weighted by molar-refractivity contribution is -0.150. The summed E-state index contributed by atoms with van der Waals surface area (Å²) < 4.78 is 52.0. The number of amides is 1. The summed E-state index contributed by atoms with van der Waals surface area (Å²) in [5, 5.41) is 12.4. The predicted molar refractivity (Wildman–Crippen MR) is 123 cm³/mol. The van der Waals surface area contributed by atoms with Crippen molar-refractivity contribution < 1.29 is 22.4 Å². The number of anilines is 4. The molecule has 1 aliphatic heterocycles. The normalized spacial score (nSPS) is 17.1. The van der Waals surface area contributed by atoms with Gasteiger partial charge in [-0.25, -0.2) is 14.4 Å². The van der Waals surface area contributed by atoms with E-state index in [4.69, 9.17) is 0 Å². The molecule has 3 aromatic rings. The van der Waals surface area contributed by atoms with Gasteiger partial charge in [0.15, 0.2) is 5.16 Å². The monoisotopic (exact) mass is 507 g/mol. The van der Waals surface area contributed by atoms with Crippen LogP contribution < -0.4 is 15.5 Å². The maximum atomic E-state index is 14.9. The number of halogens is 4. The quantitative estimate of drug-likeness (QED) is 0.294. The van der Waals surface area contributed by atoms with Crippen molar-refractivity contribution in [1.82, 2.24) is 20.2 Å². The molecule has 0 atom stereocenters. The van der Waals surface area contributed by atoms with Crippen molar-refractivity contribution in [3.63, 3.8) is 0 Å². The van der Waals surface area contributed by atoms with Crippen LogP contribution in [0.5, 0.6) is 0 Å². The van der Waals surface area contributed by atoms with Gasteiger partial charge in [0.05, 0.1) is 19.3 Å². The number of benzene rings is 1. The van der Waals surface area contributed by atoms with Gasteiger partial charge in [-0.2, -0.15) is 18.3 Å². The second kappa shape index (κ2) is 9.02. The highest BCUT2D eigenvalue weighted by Gasteiger charge is 2.54. The molecule has 1 amide bonds. The molecule has 2 aliphatic rings. The highest BCUT2D eigenvalue weighted by molar-refractivity contribution is 7.99. The average Bonchev–Trinajstić information content (AvgIpc) is 3.49. The number of hydrogen-bond donors (Lipinski definition) is 3. The molecule has 8 nitrogen and oxygen atoms in total. The molecule has 0 unspecified atom stereocenters. The summed E-state index contributed by atoms with van der Waals surface area (Å²) in [7, 11) is 0. The van der Waals surface area contributed by atoms with Gasteiger partial charge in [0.1, 0.15) is 29.5 Å². The molecule has 5 rings (SSSR count). The Balaban J connectivity index is 1.30. The molecular weight excluding hydrogens is 486 g/mol. The maximum absolute atomic E-state index is 14.9. The molecule has 0 bridgehead atoms. The summed E-state index contributed by atoms with van der Waals surface area (Å²) in [6, 6.07) is 9.80. The predicted octanol–water partition coefficient (Wildman–Crippen LogP) is 4.92. The van der Waals surface area contributed by atoms with Gasteiger partial charge in [-0.3, -0.25) is 9.89 Å². The molecule has 1 saturated carbocycles. The summed E-state index contributed by atoms with van der Waals surface area (Å²) in [5.41, 5.74) is -0.915. The minimum Gasteiger partial charge on any atom is -0.350 e. The van der Waals surface area contributed by atoms with Gasteiger partial charge in [-0.1, -0.05) is 0 Å². The Kier molecular flexibility index (Phi) is 6.03. The molecule has 1 aliphatic carbocycles. The Morgan fingerprint density at radius 1 is 1.17 bits per heavy atom. The molecule has 1 aromatic carbocycles. The molecule has 184 valence electrons. The van der Waals surface area contributed by atoms with Gasteiger partial charge >= 0.3 is 6.18 Å². The van der Waals surface area contributed by atoms with Gasteiger partial charge in [0.25, 0.3) is 0 Å². The van der Waals surface area contributed by atoms with Gasteiger partial charge in [-0.15, -0.1) is 0 Å². The summed E-state index contributed by atoms with van der Waals surface area (Å²) in [6.07, 6.45) is -2.67. The Bertz CT molecular complexity index is 1190. The van der Waals surface area contributed by atoms with Crippen molar-refractivity contribution in [2.45, 2.75) is 41.2 Å². The van der Waals surface area contributed by atoms with Crippen LogP contribution in [0.4, 0.5) is 40.7 Å². The van der Waals surface area contributed by atoms with E-state index in [1.165, 1.54) is 23.9 Å². The number of nitrogens with zero attached hydrogens (tertiary/aromatic N) is 4. The first-order chi connectivity index (χ1) is 16.6. The fourth-order valence-electron chi connectivity index (χ4n) is 3.86. The van der Waals surface area contributed by atoms with Crippen LogP contribution in [0.3, 0.4) is 0 Å². The third kappa shape index (κ3) is 5.84. The molecule has 2 fully saturated rings. The van der Waals surface area contributed by atoms with Crippen LogP contribution in [0.2, 0.25) is 0 Å². The second-order valence-electron chi connectivity index (χ2n) is 8.62. The van der Waals surface area contributed by atoms with E-state index in [9.17, 15) is 22.4 Å². The van der Waals surface area contributed by atoms with Crippen LogP contribution in [0.15, 0.2) is 52.6 Å². The zero-order valence-electron chi connectivity index (χ0n) is 18.3. The second-order valence-corrected chi connectivity index (χ2v) is 9.66. The zero-order chi connectivity index (χ0) is 24.6. The number of nitrogens with one attached hydrogen (secondary N) is 3. The third-order valence-corrected chi connectivity index (χ3v) is 6.58. The average molecular weight is 508 g/mol. The summed E-state index contributed by atoms with van der Waals surface area (Å²) >= 11 is 1.24. The Morgan fingerprint density at radius 3 is 2.54 bits per heavy atom. The SMILES string of the molecule is O=C(CC(F)(F)F)Nc1ccc(Sc2nc(Nc3ccn[nH]3)cc(N3CC(F)(C4CC4)C3)n2)cc1. The Hall–Kier alpha value is -3.35. The van der Waals surface area contributed by atoms with Crippen LogP contribution in [-0.2, 0) is 4.79 Å². The Labute approximate surface area is 201 Å². The first-order valence-corrected chi connectivity index (χ1v) is 11.7. The summed E-state index contributed by atoms with van der Waals surface area (Å²) in [4.78, 5) is 23.2. The lowest BCUT2D eigenvalue weighted by Gasteiger charge is -2.45. The zero-order valence-corrected chi connectivity index (χ0v) is 19.1. The van der Waals surface area contributed by atoms with E-state index in [-0.39, 0.29) is 24.7 Å². The van der Waals surface area contributed by atoms with Crippen molar-refractivity contribution >= 4 is 40.8 Å². The number of carbonyl (C=O) groups excluding carboxylic acids is 1. The summed E-state index contributed by atoms with van der Waals surface area (Å²) in [6.45, 7) is 0.573. The van der Waals surface area contributed by atoms with Crippen LogP contribution in [-0.4, -0.2) is 51.0 Å². The number of aromatic nitrogens is 4. The van der Waals surface area contributed by atoms with Gasteiger partial charge in [0.2, 0.25) is 5.91 Å². The van der Waals surface area contributed by atoms with Gasteiger partial charge in [0, 0.05) is 22.7 Å². The Morgan fingerprint density at radius 2 is 1.91 bits per heavy atom. The van der Waals surface area contributed by atoms with Gasteiger partial charge < -0.3 is 15.5 Å². The van der Waals surface area contributed by atoms with Crippen LogP contribution in [0.25, 0.3) is 0 Å². The highest BCUT2D eigenvalue weighted by Crippen LogP contribution is 2.48. The topological polar surface area (TPSA) is 98.8 Å². The van der Waals surface area contributed by atoms with Crippen molar-refractivity contribution in [2.75, 3.05) is 28.6 Å². The van der Waals surface area contributed by atoms with E-state index in [0.29, 0.717) is 27.5 Å². The first-order valence-electron chi connectivity index (χ1n) is 10.9. The van der Waals surface area contributed by atoms with E-state index in [0.717, 1.165) is 12.8 Å². The lowest BCUT2D eigenvalue weighted by Crippen LogP contribution is -2.60. The van der Waals surface area contributed by atoms with E-state index in [1.54, 1.807) is 30.5 Å². The largest absolute Gasteiger partial charge is 0.397 e. The number of aromatic amines is 1. The molecule has 0 radical (unpaired) electrons. The molecule has 3 N–H and O–H groups in total. The van der Waals surface area contributed by atoms with E-state index < -0.39 is 24.2 Å². The number of hydrogen-bond acceptors (Lipinski definition) is 7. The van der Waals surface area contributed by atoms with Crippen LogP contribution >= 0.6 is 11.8 Å². The van der Waals surface area contributed by atoms with E-state index in [1.807, 2.05) is 4.90 Å². The number of alkyl halides is 4. The fourth-order valence-corrected chi connectivity index (χ4v) is 4.62. The van der Waals surface area contributed by atoms with Crippen molar-refractivity contribution in [1.29, 1.82) is 0 Å². The lowest BCUT2D eigenvalue weighted by atomic mass is 9.91. The highest BCUT2D eigenvalue weighted by atomic mass is 32.2. The van der Waals surface area contributed by atoms with E-state index in [2.05, 4.69) is 30.8 Å². The smallest absolute Gasteiger partial charge is 0.350 e.